The quantitative estimate of drug-likeness (QED) is 0.852. The van der Waals surface area contributed by atoms with E-state index in [0.29, 0.717) is 18.8 Å². The summed E-state index contributed by atoms with van der Waals surface area (Å²) >= 11 is 0. The Morgan fingerprint density at radius 1 is 1.16 bits per heavy atom. The topological polar surface area (TPSA) is 58.6 Å². The van der Waals surface area contributed by atoms with E-state index in [2.05, 4.69) is 5.32 Å². The van der Waals surface area contributed by atoms with Gasteiger partial charge in [0.25, 0.3) is 5.91 Å². The maximum Gasteiger partial charge on any atom is 0.251 e. The first-order valence-electron chi connectivity index (χ1n) is 6.91. The summed E-state index contributed by atoms with van der Waals surface area (Å²) in [4.78, 5) is 12.2. The van der Waals surface area contributed by atoms with Crippen LogP contribution in [0.4, 0.5) is 0 Å². The third-order valence-electron chi connectivity index (χ3n) is 4.02. The maximum atomic E-state index is 12.2. The molecule has 1 aromatic rings. The van der Waals surface area contributed by atoms with Gasteiger partial charge in [-0.3, -0.25) is 4.79 Å². The van der Waals surface area contributed by atoms with Gasteiger partial charge in [0.05, 0.1) is 19.3 Å². The second-order valence-electron chi connectivity index (χ2n) is 5.46. The molecule has 19 heavy (non-hydrogen) atoms. The Kier molecular flexibility index (Phi) is 3.53. The van der Waals surface area contributed by atoms with Gasteiger partial charge in [0.15, 0.2) is 0 Å². The summed E-state index contributed by atoms with van der Waals surface area (Å²) in [7, 11) is 0. The summed E-state index contributed by atoms with van der Waals surface area (Å²) in [6.45, 7) is 1.25. The van der Waals surface area contributed by atoms with Crippen molar-refractivity contribution in [2.45, 2.75) is 51.0 Å². The summed E-state index contributed by atoms with van der Waals surface area (Å²) in [6.07, 6.45) is 3.10. The van der Waals surface area contributed by atoms with Gasteiger partial charge in [-0.05, 0) is 48.9 Å². The van der Waals surface area contributed by atoms with Crippen molar-refractivity contribution < 1.29 is 14.6 Å². The molecule has 0 saturated heterocycles. The molecule has 3 rings (SSSR count). The Bertz CT molecular complexity index is 478. The van der Waals surface area contributed by atoms with Crippen LogP contribution in [-0.4, -0.2) is 23.2 Å². The van der Waals surface area contributed by atoms with Crippen LogP contribution in [0.3, 0.4) is 0 Å². The number of rotatable bonds is 2. The van der Waals surface area contributed by atoms with E-state index >= 15 is 0 Å². The SMILES string of the molecule is O=C(NC1CCC(O)CC1)c1ccc2c(c1)COC2. The average Bonchev–Trinajstić information content (AvgIpc) is 2.88. The molecule has 2 N–H and O–H groups in total. The molecule has 1 aromatic carbocycles. The molecule has 102 valence electrons. The zero-order valence-corrected chi connectivity index (χ0v) is 10.9. The fraction of sp³-hybridized carbons (Fsp3) is 0.533. The van der Waals surface area contributed by atoms with E-state index in [0.717, 1.165) is 31.2 Å². The highest BCUT2D eigenvalue weighted by atomic mass is 16.5. The lowest BCUT2D eigenvalue weighted by Crippen LogP contribution is -2.38. The minimum absolute atomic E-state index is 0.0175. The highest BCUT2D eigenvalue weighted by Gasteiger charge is 2.22. The van der Waals surface area contributed by atoms with E-state index in [1.165, 1.54) is 5.56 Å². The van der Waals surface area contributed by atoms with Crippen LogP contribution < -0.4 is 5.32 Å². The van der Waals surface area contributed by atoms with Crippen molar-refractivity contribution in [2.24, 2.45) is 0 Å². The molecule has 0 radical (unpaired) electrons. The number of benzene rings is 1. The minimum atomic E-state index is -0.190. The number of aliphatic hydroxyl groups is 1. The molecule has 4 nitrogen and oxygen atoms in total. The molecule has 1 amide bonds. The minimum Gasteiger partial charge on any atom is -0.393 e. The van der Waals surface area contributed by atoms with Crippen molar-refractivity contribution in [1.82, 2.24) is 5.32 Å². The van der Waals surface area contributed by atoms with E-state index in [1.807, 2.05) is 18.2 Å². The summed E-state index contributed by atoms with van der Waals surface area (Å²) in [5.74, 6) is -0.0175. The van der Waals surface area contributed by atoms with E-state index in [-0.39, 0.29) is 18.1 Å². The van der Waals surface area contributed by atoms with Crippen molar-refractivity contribution in [3.63, 3.8) is 0 Å². The van der Waals surface area contributed by atoms with Crippen molar-refractivity contribution in [2.75, 3.05) is 0 Å². The number of carbonyl (C=O) groups is 1. The molecule has 1 aliphatic heterocycles. The van der Waals surface area contributed by atoms with Crippen LogP contribution in [0.15, 0.2) is 18.2 Å². The number of ether oxygens (including phenoxy) is 1. The Morgan fingerprint density at radius 2 is 1.89 bits per heavy atom. The molecule has 0 spiro atoms. The maximum absolute atomic E-state index is 12.2. The lowest BCUT2D eigenvalue weighted by atomic mass is 9.93. The first kappa shape index (κ1) is 12.6. The second-order valence-corrected chi connectivity index (χ2v) is 5.46. The smallest absolute Gasteiger partial charge is 0.251 e. The van der Waals surface area contributed by atoms with Crippen molar-refractivity contribution >= 4 is 5.91 Å². The van der Waals surface area contributed by atoms with Crippen LogP contribution in [0.5, 0.6) is 0 Å². The van der Waals surface area contributed by atoms with Crippen LogP contribution in [0.25, 0.3) is 0 Å². The number of aliphatic hydroxyl groups excluding tert-OH is 1. The Labute approximate surface area is 112 Å². The first-order valence-corrected chi connectivity index (χ1v) is 6.91. The number of carbonyl (C=O) groups excluding carboxylic acids is 1. The zero-order valence-electron chi connectivity index (χ0n) is 10.9. The van der Waals surface area contributed by atoms with Crippen LogP contribution in [0.1, 0.15) is 47.2 Å². The Hall–Kier alpha value is -1.39. The van der Waals surface area contributed by atoms with Gasteiger partial charge >= 0.3 is 0 Å². The van der Waals surface area contributed by atoms with Gasteiger partial charge in [-0.2, -0.15) is 0 Å². The van der Waals surface area contributed by atoms with Gasteiger partial charge in [0.2, 0.25) is 0 Å². The summed E-state index contributed by atoms with van der Waals surface area (Å²) < 4.78 is 5.35. The third-order valence-corrected chi connectivity index (χ3v) is 4.02. The Morgan fingerprint density at radius 3 is 2.68 bits per heavy atom. The van der Waals surface area contributed by atoms with Crippen LogP contribution in [0.2, 0.25) is 0 Å². The summed E-state index contributed by atoms with van der Waals surface area (Å²) in [5, 5.41) is 12.5. The number of hydrogen-bond donors (Lipinski definition) is 2. The fourth-order valence-corrected chi connectivity index (χ4v) is 2.80. The fourth-order valence-electron chi connectivity index (χ4n) is 2.80. The molecule has 4 heteroatoms. The monoisotopic (exact) mass is 261 g/mol. The van der Waals surface area contributed by atoms with Crippen LogP contribution >= 0.6 is 0 Å². The van der Waals surface area contributed by atoms with Gasteiger partial charge in [0, 0.05) is 11.6 Å². The largest absolute Gasteiger partial charge is 0.393 e. The number of fused-ring (bicyclic) bond motifs is 1. The molecule has 0 bridgehead atoms. The van der Waals surface area contributed by atoms with E-state index in [9.17, 15) is 9.90 Å². The predicted molar refractivity (Wildman–Crippen MR) is 70.7 cm³/mol. The van der Waals surface area contributed by atoms with Gasteiger partial charge < -0.3 is 15.2 Å². The van der Waals surface area contributed by atoms with Crippen LogP contribution in [-0.2, 0) is 18.0 Å². The third kappa shape index (κ3) is 2.80. The second kappa shape index (κ2) is 5.31. The molecular formula is C15H19NO3. The van der Waals surface area contributed by atoms with Crippen LogP contribution in [0, 0.1) is 0 Å². The highest BCUT2D eigenvalue weighted by molar-refractivity contribution is 5.94. The molecule has 0 aromatic heterocycles. The van der Waals surface area contributed by atoms with Gasteiger partial charge in [-0.25, -0.2) is 0 Å². The number of amides is 1. The van der Waals surface area contributed by atoms with E-state index in [1.54, 1.807) is 0 Å². The molecule has 1 aliphatic carbocycles. The van der Waals surface area contributed by atoms with Crippen molar-refractivity contribution in [3.05, 3.63) is 34.9 Å². The van der Waals surface area contributed by atoms with Gasteiger partial charge in [-0.1, -0.05) is 6.07 Å². The standard InChI is InChI=1S/C15H19NO3/c17-14-5-3-13(4-6-14)16-15(18)10-1-2-11-8-19-9-12(11)7-10/h1-2,7,13-14,17H,3-6,8-9H2,(H,16,18). The van der Waals surface area contributed by atoms with Gasteiger partial charge in [0.1, 0.15) is 0 Å². The summed E-state index contributed by atoms with van der Waals surface area (Å²) in [5.41, 5.74) is 3.00. The zero-order chi connectivity index (χ0) is 13.2. The van der Waals surface area contributed by atoms with Gasteiger partial charge in [-0.15, -0.1) is 0 Å². The van der Waals surface area contributed by atoms with E-state index < -0.39 is 0 Å². The molecular weight excluding hydrogens is 242 g/mol. The number of hydrogen-bond acceptors (Lipinski definition) is 3. The highest BCUT2D eigenvalue weighted by Crippen LogP contribution is 2.22. The molecule has 1 heterocycles. The Balaban J connectivity index is 1.64. The number of nitrogens with one attached hydrogen (secondary N) is 1. The lowest BCUT2D eigenvalue weighted by molar-refractivity contribution is 0.0867. The average molecular weight is 261 g/mol. The lowest BCUT2D eigenvalue weighted by Gasteiger charge is -2.26. The molecule has 0 unspecified atom stereocenters. The molecule has 0 atom stereocenters. The molecule has 1 saturated carbocycles. The van der Waals surface area contributed by atoms with Crippen molar-refractivity contribution in [3.8, 4) is 0 Å². The van der Waals surface area contributed by atoms with Crippen molar-refractivity contribution in [1.29, 1.82) is 0 Å². The first-order chi connectivity index (χ1) is 9.22. The molecule has 1 fully saturated rings. The normalized spacial score (nSPS) is 25.9. The molecule has 2 aliphatic rings. The predicted octanol–water partition coefficient (Wildman–Crippen LogP) is 1.75. The van der Waals surface area contributed by atoms with E-state index in [4.69, 9.17) is 4.74 Å². The summed E-state index contributed by atoms with van der Waals surface area (Å²) in [6, 6.07) is 5.96.